The molecule has 4 rings (SSSR count). The molecule has 0 spiro atoms. The molecule has 1 aromatic heterocycles. The first-order valence-corrected chi connectivity index (χ1v) is 10.9. The Bertz CT molecular complexity index is 1200. The van der Waals surface area contributed by atoms with E-state index in [-0.39, 0.29) is 17.0 Å². The van der Waals surface area contributed by atoms with Crippen molar-refractivity contribution in [3.8, 4) is 0 Å². The lowest BCUT2D eigenvalue weighted by molar-refractivity contribution is 0.0734. The zero-order chi connectivity index (χ0) is 22.7. The normalized spacial score (nSPS) is 13.0. The number of amides is 2. The third-order valence-corrected chi connectivity index (χ3v) is 6.10. The molecule has 0 radical (unpaired) electrons. The van der Waals surface area contributed by atoms with Crippen LogP contribution < -0.4 is 11.3 Å². The van der Waals surface area contributed by atoms with Gasteiger partial charge in [0.2, 0.25) is 0 Å². The fraction of sp³-hybridized carbons (Fsp3) is 0.269. The number of carbonyl (C=O) groups excluding carboxylic acids is 2. The summed E-state index contributed by atoms with van der Waals surface area (Å²) < 4.78 is 1.55. The van der Waals surface area contributed by atoms with Crippen LogP contribution in [0.4, 0.5) is 0 Å². The lowest BCUT2D eigenvalue weighted by Gasteiger charge is -2.30. The van der Waals surface area contributed by atoms with Crippen LogP contribution >= 0.6 is 0 Å². The molecule has 0 saturated carbocycles. The van der Waals surface area contributed by atoms with E-state index in [1.165, 1.54) is 5.56 Å². The third-order valence-electron chi connectivity index (χ3n) is 6.10. The van der Waals surface area contributed by atoms with Crippen LogP contribution in [0.5, 0.6) is 0 Å². The van der Waals surface area contributed by atoms with Crippen LogP contribution in [0, 0.1) is 0 Å². The summed E-state index contributed by atoms with van der Waals surface area (Å²) in [7, 11) is 0. The van der Waals surface area contributed by atoms with Gasteiger partial charge in [0.25, 0.3) is 17.4 Å². The van der Waals surface area contributed by atoms with Gasteiger partial charge < -0.3 is 15.2 Å². The van der Waals surface area contributed by atoms with Crippen molar-refractivity contribution in [3.63, 3.8) is 0 Å². The third kappa shape index (κ3) is 4.35. The first kappa shape index (κ1) is 21.6. The highest BCUT2D eigenvalue weighted by Gasteiger charge is 2.27. The molecule has 0 unspecified atom stereocenters. The van der Waals surface area contributed by atoms with Crippen molar-refractivity contribution >= 4 is 11.8 Å². The quantitative estimate of drug-likeness (QED) is 0.654. The maximum absolute atomic E-state index is 13.1. The molecule has 2 aromatic carbocycles. The van der Waals surface area contributed by atoms with Gasteiger partial charge >= 0.3 is 0 Å². The van der Waals surface area contributed by atoms with Gasteiger partial charge in [-0.2, -0.15) is 0 Å². The van der Waals surface area contributed by atoms with Gasteiger partial charge in [-0.25, -0.2) is 0 Å². The smallest absolute Gasteiger partial charge is 0.263 e. The Morgan fingerprint density at radius 3 is 2.38 bits per heavy atom. The molecule has 2 heterocycles. The minimum atomic E-state index is -0.713. The second-order valence-electron chi connectivity index (χ2n) is 8.13. The predicted molar refractivity (Wildman–Crippen MR) is 124 cm³/mol. The van der Waals surface area contributed by atoms with Crippen LogP contribution in [0.25, 0.3) is 0 Å². The van der Waals surface area contributed by atoms with Crippen LogP contribution in [0.1, 0.15) is 49.9 Å². The molecule has 1 aliphatic heterocycles. The van der Waals surface area contributed by atoms with E-state index in [9.17, 15) is 14.4 Å². The summed E-state index contributed by atoms with van der Waals surface area (Å²) in [5.74, 6) is -0.767. The Kier molecular flexibility index (Phi) is 6.21. The van der Waals surface area contributed by atoms with E-state index in [0.29, 0.717) is 43.6 Å². The van der Waals surface area contributed by atoms with Crippen molar-refractivity contribution in [1.82, 2.24) is 9.47 Å². The molecule has 2 N–H and O–H groups in total. The number of nitrogens with zero attached hydrogens (tertiary/aromatic N) is 2. The number of pyridine rings is 1. The molecule has 164 valence electrons. The molecule has 6 nitrogen and oxygen atoms in total. The number of hydrogen-bond donors (Lipinski definition) is 1. The zero-order valence-corrected chi connectivity index (χ0v) is 18.2. The molecule has 0 saturated heterocycles. The SMILES string of the molecule is CCc1ccc(C(=O)N2CCc3c(cn(CCc4ccccc4)c(=O)c3C(N)=O)C2)cc1. The topological polar surface area (TPSA) is 85.4 Å². The van der Waals surface area contributed by atoms with Crippen LogP contribution in [-0.4, -0.2) is 27.8 Å². The summed E-state index contributed by atoms with van der Waals surface area (Å²) in [6.07, 6.45) is 3.79. The van der Waals surface area contributed by atoms with E-state index in [2.05, 4.69) is 6.92 Å². The fourth-order valence-corrected chi connectivity index (χ4v) is 4.26. The van der Waals surface area contributed by atoms with E-state index in [1.807, 2.05) is 54.6 Å². The van der Waals surface area contributed by atoms with Crippen LogP contribution in [0.2, 0.25) is 0 Å². The fourth-order valence-electron chi connectivity index (χ4n) is 4.26. The van der Waals surface area contributed by atoms with Gasteiger partial charge in [-0.05, 0) is 53.6 Å². The Morgan fingerprint density at radius 1 is 1.00 bits per heavy atom. The number of rotatable bonds is 6. The molecule has 0 aliphatic carbocycles. The Hall–Kier alpha value is -3.67. The number of hydrogen-bond acceptors (Lipinski definition) is 3. The molecule has 0 atom stereocenters. The van der Waals surface area contributed by atoms with Crippen molar-refractivity contribution in [2.45, 2.75) is 39.3 Å². The Morgan fingerprint density at radius 2 is 1.72 bits per heavy atom. The lowest BCUT2D eigenvalue weighted by Crippen LogP contribution is -2.40. The highest BCUT2D eigenvalue weighted by Crippen LogP contribution is 2.22. The van der Waals surface area contributed by atoms with Gasteiger partial charge in [0.1, 0.15) is 5.56 Å². The summed E-state index contributed by atoms with van der Waals surface area (Å²) in [5, 5.41) is 0. The minimum absolute atomic E-state index is 0.0509. The molecule has 6 heteroatoms. The summed E-state index contributed by atoms with van der Waals surface area (Å²) >= 11 is 0. The number of primary amides is 1. The van der Waals surface area contributed by atoms with E-state index >= 15 is 0 Å². The number of nitrogens with two attached hydrogens (primary N) is 1. The van der Waals surface area contributed by atoms with Gasteiger partial charge in [-0.3, -0.25) is 14.4 Å². The molecule has 0 bridgehead atoms. The molecule has 0 fully saturated rings. The predicted octanol–water partition coefficient (Wildman–Crippen LogP) is 2.95. The number of aryl methyl sites for hydroxylation is 3. The van der Waals surface area contributed by atoms with Crippen molar-refractivity contribution < 1.29 is 9.59 Å². The maximum atomic E-state index is 13.1. The summed E-state index contributed by atoms with van der Waals surface area (Å²) in [6, 6.07) is 17.5. The van der Waals surface area contributed by atoms with Gasteiger partial charge in [0, 0.05) is 31.4 Å². The van der Waals surface area contributed by atoms with Crippen LogP contribution in [0.3, 0.4) is 0 Å². The zero-order valence-electron chi connectivity index (χ0n) is 18.2. The number of fused-ring (bicyclic) bond motifs is 1. The molecular formula is C26H27N3O3. The highest BCUT2D eigenvalue weighted by molar-refractivity contribution is 5.96. The molecule has 32 heavy (non-hydrogen) atoms. The van der Waals surface area contributed by atoms with Crippen LogP contribution in [0.15, 0.2) is 65.6 Å². The standard InChI is InChI=1S/C26H27N3O3/c1-2-18-8-10-20(11-9-18)25(31)28-15-13-22-21(16-28)17-29(26(32)23(22)24(27)30)14-12-19-6-4-3-5-7-19/h3-11,17H,2,12-16H2,1H3,(H2,27,30). The molecule has 3 aromatic rings. The van der Waals surface area contributed by atoms with Gasteiger partial charge in [-0.1, -0.05) is 49.4 Å². The number of aromatic nitrogens is 1. The average Bonchev–Trinajstić information content (AvgIpc) is 2.82. The molecule has 2 amide bonds. The van der Waals surface area contributed by atoms with Gasteiger partial charge in [0.15, 0.2) is 0 Å². The second kappa shape index (κ2) is 9.22. The maximum Gasteiger partial charge on any atom is 0.263 e. The highest BCUT2D eigenvalue weighted by atomic mass is 16.2. The Balaban J connectivity index is 1.62. The first-order chi connectivity index (χ1) is 15.5. The summed E-state index contributed by atoms with van der Waals surface area (Å²) in [4.78, 5) is 39.9. The van der Waals surface area contributed by atoms with E-state index in [0.717, 1.165) is 17.5 Å². The monoisotopic (exact) mass is 429 g/mol. The van der Waals surface area contributed by atoms with Crippen molar-refractivity contribution in [3.05, 3.63) is 105 Å². The van der Waals surface area contributed by atoms with Gasteiger partial charge in [0.05, 0.1) is 0 Å². The summed E-state index contributed by atoms with van der Waals surface area (Å²) in [5.41, 5.74) is 9.68. The first-order valence-electron chi connectivity index (χ1n) is 10.9. The molecular weight excluding hydrogens is 402 g/mol. The largest absolute Gasteiger partial charge is 0.365 e. The second-order valence-corrected chi connectivity index (χ2v) is 8.13. The van der Waals surface area contributed by atoms with Gasteiger partial charge in [-0.15, -0.1) is 0 Å². The van der Waals surface area contributed by atoms with Crippen molar-refractivity contribution in [1.29, 1.82) is 0 Å². The van der Waals surface area contributed by atoms with Crippen molar-refractivity contribution in [2.75, 3.05) is 6.54 Å². The van der Waals surface area contributed by atoms with E-state index in [4.69, 9.17) is 5.73 Å². The van der Waals surface area contributed by atoms with E-state index < -0.39 is 5.91 Å². The molecule has 1 aliphatic rings. The lowest BCUT2D eigenvalue weighted by atomic mass is 9.95. The Labute approximate surface area is 187 Å². The average molecular weight is 430 g/mol. The van der Waals surface area contributed by atoms with Crippen molar-refractivity contribution in [2.24, 2.45) is 5.73 Å². The van der Waals surface area contributed by atoms with Crippen LogP contribution in [-0.2, 0) is 32.4 Å². The summed E-state index contributed by atoms with van der Waals surface area (Å²) in [6.45, 7) is 3.29. The van der Waals surface area contributed by atoms with E-state index in [1.54, 1.807) is 15.7 Å². The minimum Gasteiger partial charge on any atom is -0.365 e. The number of carbonyl (C=O) groups is 2. The number of benzene rings is 2.